The largest absolute Gasteiger partial charge is 0.369 e. The molecule has 3 unspecified atom stereocenters. The molecule has 1 aliphatic heterocycles. The van der Waals surface area contributed by atoms with Crippen LogP contribution in [0.5, 0.6) is 0 Å². The fourth-order valence-corrected chi connectivity index (χ4v) is 4.05. The Balaban J connectivity index is 0.000000245. The van der Waals surface area contributed by atoms with Gasteiger partial charge in [-0.3, -0.25) is 14.5 Å². The van der Waals surface area contributed by atoms with Crippen LogP contribution in [0.3, 0.4) is 0 Å². The summed E-state index contributed by atoms with van der Waals surface area (Å²) in [7, 11) is 0. The van der Waals surface area contributed by atoms with E-state index in [0.29, 0.717) is 30.5 Å². The topological polar surface area (TPSA) is 63.4 Å². The molecule has 1 amide bonds. The average Bonchev–Trinajstić information content (AvgIpc) is 2.76. The van der Waals surface area contributed by atoms with Gasteiger partial charge in [-0.15, -0.1) is 0 Å². The van der Waals surface area contributed by atoms with Crippen LogP contribution < -0.4 is 5.73 Å². The molecule has 168 valence electrons. The van der Waals surface area contributed by atoms with Gasteiger partial charge in [0.05, 0.1) is 6.54 Å². The van der Waals surface area contributed by atoms with Gasteiger partial charge in [0.1, 0.15) is 0 Å². The summed E-state index contributed by atoms with van der Waals surface area (Å²) in [6.45, 7) is 11.4. The second-order valence-electron chi connectivity index (χ2n) is 9.12. The van der Waals surface area contributed by atoms with Crippen molar-refractivity contribution in [1.29, 1.82) is 0 Å². The molecule has 2 N–H and O–H groups in total. The molecule has 2 aromatic rings. The number of nitrogens with zero attached hydrogens (tertiary/aromatic N) is 1. The van der Waals surface area contributed by atoms with Gasteiger partial charge in [-0.05, 0) is 44.1 Å². The number of piperidine rings is 1. The smallest absolute Gasteiger partial charge is 0.231 e. The van der Waals surface area contributed by atoms with Crippen molar-refractivity contribution in [2.75, 3.05) is 6.54 Å². The maximum absolute atomic E-state index is 12.3. The molecule has 0 aliphatic carbocycles. The number of nitrogens with two attached hydrogens (primary N) is 1. The van der Waals surface area contributed by atoms with E-state index >= 15 is 0 Å². The summed E-state index contributed by atoms with van der Waals surface area (Å²) in [5.41, 5.74) is 7.96. The Morgan fingerprint density at radius 3 is 1.90 bits per heavy atom. The molecule has 0 spiro atoms. The molecule has 3 atom stereocenters. The van der Waals surface area contributed by atoms with E-state index in [1.807, 2.05) is 42.5 Å². The van der Waals surface area contributed by atoms with Crippen LogP contribution in [0.15, 0.2) is 54.6 Å². The van der Waals surface area contributed by atoms with Crippen molar-refractivity contribution >= 4 is 11.7 Å². The number of hydrogen-bond acceptors (Lipinski definition) is 3. The summed E-state index contributed by atoms with van der Waals surface area (Å²) in [6, 6.07) is 18.5. The summed E-state index contributed by atoms with van der Waals surface area (Å²) >= 11 is 0. The number of likely N-dealkylation sites (tertiary alicyclic amines) is 1. The first kappa shape index (κ1) is 24.8. The van der Waals surface area contributed by atoms with E-state index in [4.69, 9.17) is 5.73 Å². The minimum absolute atomic E-state index is 0.0874. The molecule has 1 heterocycles. The van der Waals surface area contributed by atoms with Gasteiger partial charge in [-0.2, -0.15) is 0 Å². The van der Waals surface area contributed by atoms with E-state index < -0.39 is 0 Å². The number of benzene rings is 2. The number of hydrogen-bond donors (Lipinski definition) is 1. The number of amides is 1. The third kappa shape index (κ3) is 7.32. The third-order valence-corrected chi connectivity index (χ3v) is 6.45. The molecule has 0 aromatic heterocycles. The molecule has 2 aromatic carbocycles. The lowest BCUT2D eigenvalue weighted by Crippen LogP contribution is -2.47. The average molecular weight is 423 g/mol. The third-order valence-electron chi connectivity index (χ3n) is 6.45. The van der Waals surface area contributed by atoms with Gasteiger partial charge >= 0.3 is 0 Å². The van der Waals surface area contributed by atoms with Gasteiger partial charge in [0.15, 0.2) is 5.78 Å². The highest BCUT2D eigenvalue weighted by Crippen LogP contribution is 2.24. The summed E-state index contributed by atoms with van der Waals surface area (Å²) in [5, 5.41) is 0. The van der Waals surface area contributed by atoms with Crippen molar-refractivity contribution in [3.8, 4) is 0 Å². The zero-order valence-electron chi connectivity index (χ0n) is 19.7. The number of rotatable bonds is 6. The van der Waals surface area contributed by atoms with Gasteiger partial charge in [-0.1, -0.05) is 81.8 Å². The number of carbonyl (C=O) groups excluding carboxylic acids is 2. The molecule has 1 fully saturated rings. The van der Waals surface area contributed by atoms with Crippen molar-refractivity contribution in [3.63, 3.8) is 0 Å². The van der Waals surface area contributed by atoms with E-state index in [0.717, 1.165) is 11.1 Å². The van der Waals surface area contributed by atoms with Crippen molar-refractivity contribution in [1.82, 2.24) is 4.90 Å². The van der Waals surface area contributed by atoms with Gasteiger partial charge in [0.2, 0.25) is 5.91 Å². The normalized spacial score (nSPS) is 19.9. The van der Waals surface area contributed by atoms with Crippen molar-refractivity contribution in [2.45, 2.75) is 71.9 Å². The first-order valence-corrected chi connectivity index (χ1v) is 11.4. The lowest BCUT2D eigenvalue weighted by molar-refractivity contribution is -0.120. The highest BCUT2D eigenvalue weighted by molar-refractivity contribution is 6.08. The van der Waals surface area contributed by atoms with E-state index in [1.54, 1.807) is 0 Å². The van der Waals surface area contributed by atoms with Crippen LogP contribution in [0.2, 0.25) is 0 Å². The summed E-state index contributed by atoms with van der Waals surface area (Å²) in [4.78, 5) is 25.2. The molecular formula is C27H38N2O2. The monoisotopic (exact) mass is 422 g/mol. The van der Waals surface area contributed by atoms with Crippen LogP contribution in [0.25, 0.3) is 0 Å². The Morgan fingerprint density at radius 2 is 1.42 bits per heavy atom. The predicted octanol–water partition coefficient (Wildman–Crippen LogP) is 5.41. The fraction of sp³-hybridized carbons (Fsp3) is 0.481. The Morgan fingerprint density at radius 1 is 0.903 bits per heavy atom. The Bertz CT molecular complexity index is 820. The molecule has 4 heteroatoms. The van der Waals surface area contributed by atoms with Gasteiger partial charge in [0.25, 0.3) is 0 Å². The van der Waals surface area contributed by atoms with Crippen molar-refractivity contribution in [3.05, 3.63) is 71.3 Å². The van der Waals surface area contributed by atoms with E-state index in [9.17, 15) is 9.59 Å². The molecule has 1 aliphatic rings. The quantitative estimate of drug-likeness (QED) is 0.633. The van der Waals surface area contributed by atoms with E-state index in [-0.39, 0.29) is 11.7 Å². The van der Waals surface area contributed by atoms with Crippen molar-refractivity contribution in [2.24, 2.45) is 11.7 Å². The Hall–Kier alpha value is -2.46. The summed E-state index contributed by atoms with van der Waals surface area (Å²) < 4.78 is 0. The predicted molar refractivity (Wildman–Crippen MR) is 128 cm³/mol. The highest BCUT2D eigenvalue weighted by Gasteiger charge is 2.25. The molecular weight excluding hydrogens is 384 g/mol. The maximum Gasteiger partial charge on any atom is 0.231 e. The zero-order chi connectivity index (χ0) is 23.0. The standard InChI is InChI=1S/C18H20O.C9H18N2O/c1-13(2)14(3)15-9-11-17(12-10-15)18(19)16-7-5-4-6-8-16;1-7-4-3-5-8(2)11(7)6-9(10)12/h4-14H,1-3H3;7-8H,3-6H2,1-2H3,(H2,10,12). The van der Waals surface area contributed by atoms with Gasteiger partial charge in [0, 0.05) is 23.2 Å². The minimum atomic E-state index is -0.212. The zero-order valence-corrected chi connectivity index (χ0v) is 19.7. The number of primary amides is 1. The fourth-order valence-electron chi connectivity index (χ4n) is 4.05. The highest BCUT2D eigenvalue weighted by atomic mass is 16.1. The second-order valence-corrected chi connectivity index (χ2v) is 9.12. The van der Waals surface area contributed by atoms with Crippen LogP contribution in [-0.2, 0) is 4.79 Å². The van der Waals surface area contributed by atoms with E-state index in [1.165, 1.54) is 24.8 Å². The van der Waals surface area contributed by atoms with Crippen LogP contribution in [0, 0.1) is 5.92 Å². The number of carbonyl (C=O) groups is 2. The van der Waals surface area contributed by atoms with Crippen LogP contribution in [-0.4, -0.2) is 35.2 Å². The van der Waals surface area contributed by atoms with Crippen LogP contribution in [0.1, 0.15) is 81.3 Å². The SMILES string of the molecule is CC(C)C(C)c1ccc(C(=O)c2ccccc2)cc1.CC1CCCC(C)N1CC(N)=O. The summed E-state index contributed by atoms with van der Waals surface area (Å²) in [6.07, 6.45) is 3.66. The molecule has 0 radical (unpaired) electrons. The Labute approximate surface area is 187 Å². The summed E-state index contributed by atoms with van der Waals surface area (Å²) in [5.74, 6) is 0.997. The lowest BCUT2D eigenvalue weighted by atomic mass is 9.89. The van der Waals surface area contributed by atoms with Gasteiger partial charge in [-0.25, -0.2) is 0 Å². The maximum atomic E-state index is 12.3. The van der Waals surface area contributed by atoms with Crippen LogP contribution in [0.4, 0.5) is 0 Å². The molecule has 3 rings (SSSR count). The van der Waals surface area contributed by atoms with Crippen LogP contribution >= 0.6 is 0 Å². The molecule has 0 bridgehead atoms. The second kappa shape index (κ2) is 11.8. The molecule has 31 heavy (non-hydrogen) atoms. The number of ketones is 1. The molecule has 4 nitrogen and oxygen atoms in total. The first-order chi connectivity index (χ1) is 14.7. The molecule has 1 saturated heterocycles. The minimum Gasteiger partial charge on any atom is -0.369 e. The Kier molecular flexibility index (Phi) is 9.44. The molecule has 0 saturated carbocycles. The van der Waals surface area contributed by atoms with Gasteiger partial charge < -0.3 is 5.73 Å². The first-order valence-electron chi connectivity index (χ1n) is 11.4. The van der Waals surface area contributed by atoms with E-state index in [2.05, 4.69) is 51.7 Å². The lowest BCUT2D eigenvalue weighted by Gasteiger charge is -2.37. The van der Waals surface area contributed by atoms with Crippen molar-refractivity contribution < 1.29 is 9.59 Å².